The number of rotatable bonds is 7. The molecule has 5 nitrogen and oxygen atoms in total. The Bertz CT molecular complexity index is 549. The van der Waals surface area contributed by atoms with Crippen LogP contribution in [0.5, 0.6) is 0 Å². The molecule has 0 unspecified atom stereocenters. The third-order valence-corrected chi connectivity index (χ3v) is 3.42. The fraction of sp³-hybridized carbons (Fsp3) is 0.375. The maximum Gasteiger partial charge on any atom is 0.306 e. The van der Waals surface area contributed by atoms with Gasteiger partial charge in [0.2, 0.25) is 0 Å². The Hall–Kier alpha value is -2.14. The van der Waals surface area contributed by atoms with E-state index in [0.29, 0.717) is 13.0 Å². The Morgan fingerprint density at radius 1 is 1.33 bits per heavy atom. The zero-order valence-corrected chi connectivity index (χ0v) is 12.5. The maximum absolute atomic E-state index is 11.2. The van der Waals surface area contributed by atoms with Gasteiger partial charge < -0.3 is 4.74 Å². The Kier molecular flexibility index (Phi) is 5.51. The fourth-order valence-corrected chi connectivity index (χ4v) is 2.13. The van der Waals surface area contributed by atoms with Crippen molar-refractivity contribution in [3.05, 3.63) is 48.3 Å². The van der Waals surface area contributed by atoms with Crippen LogP contribution in [0.25, 0.3) is 5.69 Å². The molecule has 0 saturated carbocycles. The average molecular weight is 287 g/mol. The summed E-state index contributed by atoms with van der Waals surface area (Å²) in [5.41, 5.74) is 2.26. The number of methoxy groups -OCH3 is 1. The van der Waals surface area contributed by atoms with Crippen molar-refractivity contribution < 1.29 is 9.53 Å². The summed E-state index contributed by atoms with van der Waals surface area (Å²) in [6.45, 7) is 4.53. The van der Waals surface area contributed by atoms with Crippen LogP contribution >= 0.6 is 0 Å². The minimum Gasteiger partial charge on any atom is -0.469 e. The summed E-state index contributed by atoms with van der Waals surface area (Å²) >= 11 is 0. The van der Waals surface area contributed by atoms with E-state index in [1.54, 1.807) is 6.20 Å². The maximum atomic E-state index is 11.2. The van der Waals surface area contributed by atoms with Gasteiger partial charge in [0.05, 0.1) is 19.2 Å². The quantitative estimate of drug-likeness (QED) is 0.733. The molecule has 0 spiro atoms. The summed E-state index contributed by atoms with van der Waals surface area (Å²) in [6.07, 6.45) is 4.11. The van der Waals surface area contributed by atoms with Gasteiger partial charge in [0.15, 0.2) is 0 Å². The van der Waals surface area contributed by atoms with Gasteiger partial charge in [0.25, 0.3) is 0 Å². The number of carbonyl (C=O) groups is 1. The Labute approximate surface area is 125 Å². The van der Waals surface area contributed by atoms with Crippen molar-refractivity contribution in [1.82, 2.24) is 14.7 Å². The fourth-order valence-electron chi connectivity index (χ4n) is 2.13. The summed E-state index contributed by atoms with van der Waals surface area (Å²) in [5, 5.41) is 4.21. The van der Waals surface area contributed by atoms with Gasteiger partial charge in [0, 0.05) is 25.5 Å². The molecule has 0 atom stereocenters. The highest BCUT2D eigenvalue weighted by Gasteiger charge is 2.07. The van der Waals surface area contributed by atoms with Crippen LogP contribution < -0.4 is 0 Å². The van der Waals surface area contributed by atoms with Crippen LogP contribution in [0.1, 0.15) is 18.9 Å². The summed E-state index contributed by atoms with van der Waals surface area (Å²) in [5.74, 6) is -0.164. The van der Waals surface area contributed by atoms with Crippen LogP contribution in [-0.4, -0.2) is 40.8 Å². The zero-order valence-electron chi connectivity index (χ0n) is 12.5. The lowest BCUT2D eigenvalue weighted by Gasteiger charge is -2.20. The van der Waals surface area contributed by atoms with E-state index in [4.69, 9.17) is 0 Å². The average Bonchev–Trinajstić information content (AvgIpc) is 3.06. The first-order chi connectivity index (χ1) is 10.2. The SMILES string of the molecule is CCN(CCC(=O)OC)Cc1ccc(-n2cccn2)cc1. The molecule has 21 heavy (non-hydrogen) atoms. The molecule has 0 radical (unpaired) electrons. The molecule has 0 N–H and O–H groups in total. The van der Waals surface area contributed by atoms with E-state index in [9.17, 15) is 4.79 Å². The first kappa shape index (κ1) is 15.3. The van der Waals surface area contributed by atoms with Crippen molar-refractivity contribution in [3.8, 4) is 5.69 Å². The molecular weight excluding hydrogens is 266 g/mol. The second-order valence-corrected chi connectivity index (χ2v) is 4.81. The predicted octanol–water partition coefficient (Wildman–Crippen LogP) is 2.26. The molecule has 1 heterocycles. The van der Waals surface area contributed by atoms with Gasteiger partial charge >= 0.3 is 5.97 Å². The third-order valence-electron chi connectivity index (χ3n) is 3.42. The first-order valence-electron chi connectivity index (χ1n) is 7.11. The second-order valence-electron chi connectivity index (χ2n) is 4.81. The lowest BCUT2D eigenvalue weighted by Crippen LogP contribution is -2.26. The first-order valence-corrected chi connectivity index (χ1v) is 7.11. The van der Waals surface area contributed by atoms with Crippen molar-refractivity contribution in [2.45, 2.75) is 19.9 Å². The summed E-state index contributed by atoms with van der Waals surface area (Å²) in [7, 11) is 1.42. The summed E-state index contributed by atoms with van der Waals surface area (Å²) < 4.78 is 6.51. The smallest absolute Gasteiger partial charge is 0.306 e. The highest BCUT2D eigenvalue weighted by atomic mass is 16.5. The van der Waals surface area contributed by atoms with E-state index in [-0.39, 0.29) is 5.97 Å². The van der Waals surface area contributed by atoms with Gasteiger partial charge in [-0.15, -0.1) is 0 Å². The number of nitrogens with zero attached hydrogens (tertiary/aromatic N) is 3. The van der Waals surface area contributed by atoms with Crippen LogP contribution in [0.3, 0.4) is 0 Å². The van der Waals surface area contributed by atoms with Gasteiger partial charge in [0.1, 0.15) is 0 Å². The molecule has 0 aliphatic carbocycles. The molecule has 0 bridgehead atoms. The molecule has 112 valence electrons. The van der Waals surface area contributed by atoms with Crippen LogP contribution in [0.2, 0.25) is 0 Å². The van der Waals surface area contributed by atoms with E-state index in [2.05, 4.69) is 45.9 Å². The number of ether oxygens (including phenoxy) is 1. The van der Waals surface area contributed by atoms with Gasteiger partial charge in [-0.2, -0.15) is 5.10 Å². The van der Waals surface area contributed by atoms with Gasteiger partial charge in [-0.3, -0.25) is 9.69 Å². The molecule has 2 rings (SSSR count). The number of benzene rings is 1. The number of esters is 1. The monoisotopic (exact) mass is 287 g/mol. The van der Waals surface area contributed by atoms with Crippen LogP contribution in [0, 0.1) is 0 Å². The number of hydrogen-bond donors (Lipinski definition) is 0. The van der Waals surface area contributed by atoms with Crippen molar-refractivity contribution in [3.63, 3.8) is 0 Å². The molecule has 0 aliphatic heterocycles. The van der Waals surface area contributed by atoms with Crippen LogP contribution in [0.15, 0.2) is 42.7 Å². The van der Waals surface area contributed by atoms with E-state index >= 15 is 0 Å². The van der Waals surface area contributed by atoms with Gasteiger partial charge in [-0.05, 0) is 30.3 Å². The number of aromatic nitrogens is 2. The van der Waals surface area contributed by atoms with E-state index in [1.165, 1.54) is 12.7 Å². The molecular formula is C16H21N3O2. The number of hydrogen-bond acceptors (Lipinski definition) is 4. The Balaban J connectivity index is 1.93. The molecule has 0 amide bonds. The lowest BCUT2D eigenvalue weighted by molar-refractivity contribution is -0.141. The minimum absolute atomic E-state index is 0.164. The second kappa shape index (κ2) is 7.59. The normalized spacial score (nSPS) is 10.8. The summed E-state index contributed by atoms with van der Waals surface area (Å²) in [6, 6.07) is 10.2. The minimum atomic E-state index is -0.164. The Morgan fingerprint density at radius 2 is 2.10 bits per heavy atom. The van der Waals surface area contributed by atoms with Crippen LogP contribution in [0.4, 0.5) is 0 Å². The highest BCUT2D eigenvalue weighted by molar-refractivity contribution is 5.69. The molecule has 5 heteroatoms. The third kappa shape index (κ3) is 4.43. The highest BCUT2D eigenvalue weighted by Crippen LogP contribution is 2.11. The topological polar surface area (TPSA) is 47.4 Å². The molecule has 2 aromatic rings. The van der Waals surface area contributed by atoms with Crippen molar-refractivity contribution in [2.75, 3.05) is 20.2 Å². The predicted molar refractivity (Wildman–Crippen MR) is 81.1 cm³/mol. The lowest BCUT2D eigenvalue weighted by atomic mass is 10.2. The van der Waals surface area contributed by atoms with E-state index in [1.807, 2.05) is 16.9 Å². The van der Waals surface area contributed by atoms with Crippen LogP contribution in [-0.2, 0) is 16.1 Å². The van der Waals surface area contributed by atoms with Gasteiger partial charge in [-0.25, -0.2) is 4.68 Å². The Morgan fingerprint density at radius 3 is 2.67 bits per heavy atom. The van der Waals surface area contributed by atoms with Crippen molar-refractivity contribution in [2.24, 2.45) is 0 Å². The molecule has 0 fully saturated rings. The molecule has 1 aromatic heterocycles. The molecule has 0 saturated heterocycles. The number of carbonyl (C=O) groups excluding carboxylic acids is 1. The summed E-state index contributed by atoms with van der Waals surface area (Å²) in [4.78, 5) is 13.4. The zero-order chi connectivity index (χ0) is 15.1. The van der Waals surface area contributed by atoms with E-state index < -0.39 is 0 Å². The van der Waals surface area contributed by atoms with Gasteiger partial charge in [-0.1, -0.05) is 19.1 Å². The van der Waals surface area contributed by atoms with E-state index in [0.717, 1.165) is 18.8 Å². The molecule has 0 aliphatic rings. The molecule has 1 aromatic carbocycles. The standard InChI is InChI=1S/C16H21N3O2/c1-3-18(12-9-16(20)21-2)13-14-5-7-15(8-6-14)19-11-4-10-17-19/h4-8,10-11H,3,9,12-13H2,1-2H3. The van der Waals surface area contributed by atoms with Crippen molar-refractivity contribution in [1.29, 1.82) is 0 Å². The van der Waals surface area contributed by atoms with Crippen molar-refractivity contribution >= 4 is 5.97 Å². The largest absolute Gasteiger partial charge is 0.469 e.